The molecule has 0 aliphatic rings. The highest BCUT2D eigenvalue weighted by atomic mass is 16.5. The topological polar surface area (TPSA) is 70.3 Å². The van der Waals surface area contributed by atoms with Crippen LogP contribution in [0.3, 0.4) is 0 Å². The molecule has 98 valence electrons. The summed E-state index contributed by atoms with van der Waals surface area (Å²) in [5.41, 5.74) is 6.66. The number of nitrogen functional groups attached to an aromatic ring is 1. The van der Waals surface area contributed by atoms with Gasteiger partial charge in [0.1, 0.15) is 12.1 Å². The van der Waals surface area contributed by atoms with Gasteiger partial charge in [-0.1, -0.05) is 30.4 Å². The minimum atomic E-state index is 0.246. The number of methoxy groups -OCH3 is 1. The Hall–Kier alpha value is -2.56. The molecular formula is C14H15N3O2. The molecule has 2 aromatic rings. The molecule has 0 atom stereocenters. The molecule has 0 saturated heterocycles. The molecule has 19 heavy (non-hydrogen) atoms. The first-order chi connectivity index (χ1) is 9.26. The van der Waals surface area contributed by atoms with Crippen LogP contribution in [0, 0.1) is 0 Å². The highest BCUT2D eigenvalue weighted by Gasteiger charge is 2.12. The fourth-order valence-electron chi connectivity index (χ4n) is 1.63. The van der Waals surface area contributed by atoms with Crippen LogP contribution >= 0.6 is 0 Å². The summed E-state index contributed by atoms with van der Waals surface area (Å²) in [7, 11) is 1.50. The smallest absolute Gasteiger partial charge is 0.268 e. The minimum Gasteiger partial charge on any atom is -0.489 e. The Bertz CT molecular complexity index is 597. The number of hydrogen-bond donors (Lipinski definition) is 1. The normalized spacial score (nSPS) is 10.6. The fraction of sp³-hybridized carbons (Fsp3) is 0.143. The van der Waals surface area contributed by atoms with Gasteiger partial charge < -0.3 is 15.2 Å². The van der Waals surface area contributed by atoms with Crippen LogP contribution in [0.4, 0.5) is 5.82 Å². The van der Waals surface area contributed by atoms with E-state index in [1.165, 1.54) is 13.4 Å². The summed E-state index contributed by atoms with van der Waals surface area (Å²) in [5.74, 6) is 1.55. The highest BCUT2D eigenvalue weighted by Crippen LogP contribution is 2.34. The molecule has 0 radical (unpaired) electrons. The predicted octanol–water partition coefficient (Wildman–Crippen LogP) is 2.89. The second-order valence-electron chi connectivity index (χ2n) is 3.74. The van der Waals surface area contributed by atoms with Crippen LogP contribution < -0.4 is 15.2 Å². The molecule has 0 amide bonds. The van der Waals surface area contributed by atoms with E-state index in [0.29, 0.717) is 17.4 Å². The van der Waals surface area contributed by atoms with Crippen LogP contribution in [-0.2, 0) is 0 Å². The van der Waals surface area contributed by atoms with E-state index in [1.54, 1.807) is 0 Å². The lowest BCUT2D eigenvalue weighted by Gasteiger charge is -2.11. The summed E-state index contributed by atoms with van der Waals surface area (Å²) in [6, 6.07) is 7.63. The van der Waals surface area contributed by atoms with Gasteiger partial charge in [0.25, 0.3) is 5.88 Å². The van der Waals surface area contributed by atoms with Crippen LogP contribution in [-0.4, -0.2) is 17.1 Å². The van der Waals surface area contributed by atoms with E-state index in [4.69, 9.17) is 15.2 Å². The van der Waals surface area contributed by atoms with Crippen molar-refractivity contribution in [1.29, 1.82) is 0 Å². The van der Waals surface area contributed by atoms with E-state index >= 15 is 0 Å². The summed E-state index contributed by atoms with van der Waals surface area (Å²) < 4.78 is 10.9. The lowest BCUT2D eigenvalue weighted by molar-refractivity contribution is 0.369. The van der Waals surface area contributed by atoms with E-state index in [0.717, 1.165) is 5.56 Å². The van der Waals surface area contributed by atoms with E-state index in [-0.39, 0.29) is 5.82 Å². The van der Waals surface area contributed by atoms with Crippen molar-refractivity contribution in [2.75, 3.05) is 12.8 Å². The van der Waals surface area contributed by atoms with Crippen molar-refractivity contribution in [2.45, 2.75) is 6.92 Å². The Morgan fingerprint density at radius 2 is 2.00 bits per heavy atom. The zero-order valence-corrected chi connectivity index (χ0v) is 10.8. The predicted molar refractivity (Wildman–Crippen MR) is 74.2 cm³/mol. The molecule has 1 aromatic carbocycles. The molecular weight excluding hydrogens is 242 g/mol. The first-order valence-corrected chi connectivity index (χ1v) is 5.80. The lowest BCUT2D eigenvalue weighted by atomic mass is 10.2. The SMILES string of the molecule is C/C=C/c1ccccc1Oc1ncnc(N)c1OC. The third-order valence-corrected chi connectivity index (χ3v) is 2.47. The third kappa shape index (κ3) is 2.82. The van der Waals surface area contributed by atoms with E-state index in [9.17, 15) is 0 Å². The molecule has 0 unspecified atom stereocenters. The van der Waals surface area contributed by atoms with Crippen molar-refractivity contribution >= 4 is 11.9 Å². The van der Waals surface area contributed by atoms with Gasteiger partial charge in [0, 0.05) is 5.56 Å². The molecule has 0 saturated carbocycles. The fourth-order valence-corrected chi connectivity index (χ4v) is 1.63. The molecule has 0 bridgehead atoms. The van der Waals surface area contributed by atoms with Crippen LogP contribution in [0.2, 0.25) is 0 Å². The van der Waals surface area contributed by atoms with Gasteiger partial charge in [0.15, 0.2) is 5.82 Å². The molecule has 0 aliphatic carbocycles. The van der Waals surface area contributed by atoms with Gasteiger partial charge in [-0.2, -0.15) is 4.98 Å². The molecule has 0 aliphatic heterocycles. The van der Waals surface area contributed by atoms with Crippen LogP contribution in [0.25, 0.3) is 6.08 Å². The summed E-state index contributed by atoms with van der Waals surface area (Å²) >= 11 is 0. The third-order valence-electron chi connectivity index (χ3n) is 2.47. The number of rotatable bonds is 4. The second-order valence-corrected chi connectivity index (χ2v) is 3.74. The number of para-hydroxylation sites is 1. The number of hydrogen-bond acceptors (Lipinski definition) is 5. The average molecular weight is 257 g/mol. The maximum atomic E-state index is 5.76. The Morgan fingerprint density at radius 1 is 1.21 bits per heavy atom. The Labute approximate surface area is 111 Å². The standard InChI is InChI=1S/C14H15N3O2/c1-3-6-10-7-4-5-8-11(10)19-14-12(18-2)13(15)16-9-17-14/h3-9H,1-2H3,(H2,15,16,17)/b6-3+. The number of anilines is 1. The maximum absolute atomic E-state index is 5.76. The quantitative estimate of drug-likeness (QED) is 0.911. The van der Waals surface area contributed by atoms with E-state index in [2.05, 4.69) is 9.97 Å². The molecule has 0 spiro atoms. The Morgan fingerprint density at radius 3 is 2.74 bits per heavy atom. The van der Waals surface area contributed by atoms with Gasteiger partial charge >= 0.3 is 0 Å². The summed E-state index contributed by atoms with van der Waals surface area (Å²) in [6.07, 6.45) is 5.23. The van der Waals surface area contributed by atoms with Crippen molar-refractivity contribution in [1.82, 2.24) is 9.97 Å². The molecule has 5 heteroatoms. The number of allylic oxidation sites excluding steroid dienone is 1. The van der Waals surface area contributed by atoms with Crippen molar-refractivity contribution < 1.29 is 9.47 Å². The van der Waals surface area contributed by atoms with E-state index < -0.39 is 0 Å². The summed E-state index contributed by atoms with van der Waals surface area (Å²) in [5, 5.41) is 0. The number of ether oxygens (including phenoxy) is 2. The van der Waals surface area contributed by atoms with Crippen molar-refractivity contribution in [2.24, 2.45) is 0 Å². The van der Waals surface area contributed by atoms with Gasteiger partial charge in [0.05, 0.1) is 7.11 Å². The first kappa shape index (κ1) is 12.9. The zero-order chi connectivity index (χ0) is 13.7. The van der Waals surface area contributed by atoms with Gasteiger partial charge in [-0.3, -0.25) is 0 Å². The van der Waals surface area contributed by atoms with Gasteiger partial charge in [-0.25, -0.2) is 4.98 Å². The number of benzene rings is 1. The molecule has 1 heterocycles. The van der Waals surface area contributed by atoms with Crippen LogP contribution in [0.1, 0.15) is 12.5 Å². The Kier molecular flexibility index (Phi) is 3.97. The highest BCUT2D eigenvalue weighted by molar-refractivity contribution is 5.59. The van der Waals surface area contributed by atoms with E-state index in [1.807, 2.05) is 43.3 Å². The maximum Gasteiger partial charge on any atom is 0.268 e. The monoisotopic (exact) mass is 257 g/mol. The molecule has 1 aromatic heterocycles. The molecule has 0 fully saturated rings. The molecule has 2 rings (SSSR count). The lowest BCUT2D eigenvalue weighted by Crippen LogP contribution is -2.00. The first-order valence-electron chi connectivity index (χ1n) is 5.80. The summed E-state index contributed by atoms with van der Waals surface area (Å²) in [4.78, 5) is 7.90. The van der Waals surface area contributed by atoms with Crippen LogP contribution in [0.5, 0.6) is 17.4 Å². The zero-order valence-electron chi connectivity index (χ0n) is 10.8. The van der Waals surface area contributed by atoms with Gasteiger partial charge in [-0.05, 0) is 13.0 Å². The molecule has 5 nitrogen and oxygen atoms in total. The van der Waals surface area contributed by atoms with Gasteiger partial charge in [0.2, 0.25) is 5.75 Å². The van der Waals surface area contributed by atoms with Crippen molar-refractivity contribution in [3.8, 4) is 17.4 Å². The second kappa shape index (κ2) is 5.86. The summed E-state index contributed by atoms with van der Waals surface area (Å²) in [6.45, 7) is 1.94. The number of aromatic nitrogens is 2. The minimum absolute atomic E-state index is 0.246. The molecule has 2 N–H and O–H groups in total. The number of nitrogens with zero attached hydrogens (tertiary/aromatic N) is 2. The number of nitrogens with two attached hydrogens (primary N) is 1. The van der Waals surface area contributed by atoms with Crippen molar-refractivity contribution in [3.05, 3.63) is 42.2 Å². The largest absolute Gasteiger partial charge is 0.489 e. The van der Waals surface area contributed by atoms with Crippen molar-refractivity contribution in [3.63, 3.8) is 0 Å². The van der Waals surface area contributed by atoms with Crippen LogP contribution in [0.15, 0.2) is 36.7 Å². The Balaban J connectivity index is 2.39. The van der Waals surface area contributed by atoms with Gasteiger partial charge in [-0.15, -0.1) is 0 Å². The average Bonchev–Trinajstić information content (AvgIpc) is 2.41.